The summed E-state index contributed by atoms with van der Waals surface area (Å²) < 4.78 is 0. The molecule has 82 valence electrons. The Morgan fingerprint density at radius 2 is 2.27 bits per heavy atom. The molecule has 0 aromatic heterocycles. The fourth-order valence-electron chi connectivity index (χ4n) is 1.16. The van der Waals surface area contributed by atoms with Crippen LogP contribution in [0.3, 0.4) is 0 Å². The van der Waals surface area contributed by atoms with E-state index in [-0.39, 0.29) is 19.1 Å². The molecule has 0 radical (unpaired) electrons. The van der Waals surface area contributed by atoms with Crippen LogP contribution in [0.2, 0.25) is 0 Å². The molecule has 3 N–H and O–H groups in total. The van der Waals surface area contributed by atoms with E-state index < -0.39 is 6.10 Å². The van der Waals surface area contributed by atoms with Gasteiger partial charge >= 0.3 is 0 Å². The number of benzene rings is 1. The minimum Gasteiger partial charge on any atom is -0.394 e. The molecular formula is C11H15NO3. The summed E-state index contributed by atoms with van der Waals surface area (Å²) in [5.41, 5.74) is 1.56. The number of hydrogen-bond donors (Lipinski definition) is 3. The van der Waals surface area contributed by atoms with Crippen molar-refractivity contribution in [2.45, 2.75) is 13.0 Å². The zero-order chi connectivity index (χ0) is 11.3. The van der Waals surface area contributed by atoms with Crippen LogP contribution in [0.15, 0.2) is 24.3 Å². The van der Waals surface area contributed by atoms with Gasteiger partial charge in [-0.1, -0.05) is 17.7 Å². The minimum absolute atomic E-state index is 0.0588. The van der Waals surface area contributed by atoms with E-state index in [0.29, 0.717) is 5.56 Å². The number of amides is 1. The van der Waals surface area contributed by atoms with Gasteiger partial charge in [-0.15, -0.1) is 0 Å². The first-order valence-corrected chi connectivity index (χ1v) is 4.77. The van der Waals surface area contributed by atoms with Crippen LogP contribution in [0.25, 0.3) is 0 Å². The molecule has 1 aromatic carbocycles. The van der Waals surface area contributed by atoms with Crippen molar-refractivity contribution < 1.29 is 15.0 Å². The lowest BCUT2D eigenvalue weighted by Gasteiger charge is -2.09. The maximum absolute atomic E-state index is 11.5. The Labute approximate surface area is 88.6 Å². The number of aliphatic hydroxyl groups excluding tert-OH is 2. The van der Waals surface area contributed by atoms with Crippen molar-refractivity contribution in [3.05, 3.63) is 35.4 Å². The molecule has 0 aliphatic heterocycles. The van der Waals surface area contributed by atoms with Crippen LogP contribution in [0.5, 0.6) is 0 Å². The van der Waals surface area contributed by atoms with Crippen LogP contribution in [0, 0.1) is 6.92 Å². The van der Waals surface area contributed by atoms with Gasteiger partial charge < -0.3 is 15.5 Å². The van der Waals surface area contributed by atoms with Gasteiger partial charge in [0.1, 0.15) is 0 Å². The summed E-state index contributed by atoms with van der Waals surface area (Å²) in [4.78, 5) is 11.5. The molecule has 1 rings (SSSR count). The van der Waals surface area contributed by atoms with Gasteiger partial charge in [-0.05, 0) is 19.1 Å². The maximum Gasteiger partial charge on any atom is 0.251 e. The van der Waals surface area contributed by atoms with Crippen molar-refractivity contribution in [2.75, 3.05) is 13.2 Å². The highest BCUT2D eigenvalue weighted by Crippen LogP contribution is 2.03. The van der Waals surface area contributed by atoms with Gasteiger partial charge in [-0.25, -0.2) is 0 Å². The number of hydrogen-bond acceptors (Lipinski definition) is 3. The number of aryl methyl sites for hydroxylation is 1. The highest BCUT2D eigenvalue weighted by Gasteiger charge is 2.07. The molecule has 0 bridgehead atoms. The van der Waals surface area contributed by atoms with Crippen LogP contribution in [0.4, 0.5) is 0 Å². The molecule has 0 aliphatic carbocycles. The standard InChI is InChI=1S/C11H15NO3/c1-8-3-2-4-9(5-8)11(15)12-6-10(14)7-13/h2-5,10,13-14H,6-7H2,1H3,(H,12,15)/t10-/m0/s1. The molecule has 4 heteroatoms. The van der Waals surface area contributed by atoms with E-state index in [0.717, 1.165) is 5.56 Å². The number of carbonyl (C=O) groups is 1. The lowest BCUT2D eigenvalue weighted by atomic mass is 10.1. The Kier molecular flexibility index (Phi) is 4.27. The predicted octanol–water partition coefficient (Wildman–Crippen LogP) is 0.0780. The summed E-state index contributed by atoms with van der Waals surface area (Å²) in [5, 5.41) is 20.1. The quantitative estimate of drug-likeness (QED) is 0.657. The second-order valence-corrected chi connectivity index (χ2v) is 3.42. The van der Waals surface area contributed by atoms with Gasteiger partial charge in [0.05, 0.1) is 12.7 Å². The summed E-state index contributed by atoms with van der Waals surface area (Å²) in [6.07, 6.45) is -0.904. The van der Waals surface area contributed by atoms with Crippen molar-refractivity contribution >= 4 is 5.91 Å². The topological polar surface area (TPSA) is 69.6 Å². The van der Waals surface area contributed by atoms with Gasteiger partial charge in [0.15, 0.2) is 0 Å². The molecule has 0 unspecified atom stereocenters. The molecule has 15 heavy (non-hydrogen) atoms. The Hall–Kier alpha value is -1.39. The van der Waals surface area contributed by atoms with E-state index in [2.05, 4.69) is 5.32 Å². The van der Waals surface area contributed by atoms with E-state index in [9.17, 15) is 4.79 Å². The smallest absolute Gasteiger partial charge is 0.251 e. The van der Waals surface area contributed by atoms with E-state index >= 15 is 0 Å². The van der Waals surface area contributed by atoms with Gasteiger partial charge in [0.2, 0.25) is 0 Å². The Morgan fingerprint density at radius 1 is 1.53 bits per heavy atom. The van der Waals surface area contributed by atoms with Gasteiger partial charge in [0, 0.05) is 12.1 Å². The summed E-state index contributed by atoms with van der Waals surface area (Å²) in [7, 11) is 0. The second kappa shape index (κ2) is 5.48. The molecule has 1 aromatic rings. The largest absolute Gasteiger partial charge is 0.394 e. The minimum atomic E-state index is -0.904. The summed E-state index contributed by atoms with van der Waals surface area (Å²) in [5.74, 6) is -0.244. The SMILES string of the molecule is Cc1cccc(C(=O)NC[C@H](O)CO)c1. The Morgan fingerprint density at radius 3 is 2.87 bits per heavy atom. The summed E-state index contributed by atoms with van der Waals surface area (Å²) >= 11 is 0. The first-order valence-electron chi connectivity index (χ1n) is 4.77. The highest BCUT2D eigenvalue weighted by molar-refractivity contribution is 5.94. The first-order chi connectivity index (χ1) is 7.13. The Bertz CT molecular complexity index is 338. The first kappa shape index (κ1) is 11.7. The highest BCUT2D eigenvalue weighted by atomic mass is 16.3. The molecule has 0 saturated heterocycles. The van der Waals surface area contributed by atoms with Crippen molar-refractivity contribution in [1.82, 2.24) is 5.32 Å². The van der Waals surface area contributed by atoms with Crippen molar-refractivity contribution in [3.8, 4) is 0 Å². The molecule has 0 saturated carbocycles. The van der Waals surface area contributed by atoms with Gasteiger partial charge in [-0.3, -0.25) is 4.79 Å². The lowest BCUT2D eigenvalue weighted by molar-refractivity contribution is 0.0802. The Balaban J connectivity index is 2.54. The molecule has 0 spiro atoms. The third-order valence-electron chi connectivity index (χ3n) is 1.99. The zero-order valence-electron chi connectivity index (χ0n) is 8.60. The lowest BCUT2D eigenvalue weighted by Crippen LogP contribution is -2.33. The monoisotopic (exact) mass is 209 g/mol. The molecular weight excluding hydrogens is 194 g/mol. The van der Waals surface area contributed by atoms with Crippen molar-refractivity contribution in [3.63, 3.8) is 0 Å². The third-order valence-corrected chi connectivity index (χ3v) is 1.99. The van der Waals surface area contributed by atoms with Gasteiger partial charge in [0.25, 0.3) is 5.91 Å². The molecule has 1 atom stereocenters. The molecule has 0 aliphatic rings. The summed E-state index contributed by atoms with van der Waals surface area (Å²) in [6.45, 7) is 1.61. The zero-order valence-corrected chi connectivity index (χ0v) is 8.60. The van der Waals surface area contributed by atoms with Crippen LogP contribution < -0.4 is 5.32 Å². The number of rotatable bonds is 4. The maximum atomic E-state index is 11.5. The van der Waals surface area contributed by atoms with E-state index in [1.54, 1.807) is 18.2 Å². The normalized spacial score (nSPS) is 12.2. The van der Waals surface area contributed by atoms with E-state index in [4.69, 9.17) is 10.2 Å². The van der Waals surface area contributed by atoms with Crippen LogP contribution in [-0.4, -0.2) is 35.4 Å². The van der Waals surface area contributed by atoms with Crippen molar-refractivity contribution in [1.29, 1.82) is 0 Å². The fraction of sp³-hybridized carbons (Fsp3) is 0.364. The average molecular weight is 209 g/mol. The average Bonchev–Trinajstić information content (AvgIpc) is 2.25. The van der Waals surface area contributed by atoms with Crippen LogP contribution in [-0.2, 0) is 0 Å². The predicted molar refractivity (Wildman–Crippen MR) is 56.6 cm³/mol. The molecule has 1 amide bonds. The van der Waals surface area contributed by atoms with E-state index in [1.807, 2.05) is 13.0 Å². The van der Waals surface area contributed by atoms with Gasteiger partial charge in [-0.2, -0.15) is 0 Å². The summed E-state index contributed by atoms with van der Waals surface area (Å²) in [6, 6.07) is 7.17. The van der Waals surface area contributed by atoms with E-state index in [1.165, 1.54) is 0 Å². The van der Waals surface area contributed by atoms with Crippen LogP contribution >= 0.6 is 0 Å². The second-order valence-electron chi connectivity index (χ2n) is 3.42. The third kappa shape index (κ3) is 3.69. The molecule has 0 fully saturated rings. The number of carbonyl (C=O) groups excluding carboxylic acids is 1. The van der Waals surface area contributed by atoms with Crippen molar-refractivity contribution in [2.24, 2.45) is 0 Å². The number of aliphatic hydroxyl groups is 2. The van der Waals surface area contributed by atoms with Crippen LogP contribution in [0.1, 0.15) is 15.9 Å². The molecule has 4 nitrogen and oxygen atoms in total. The number of nitrogens with one attached hydrogen (secondary N) is 1. The fourth-order valence-corrected chi connectivity index (χ4v) is 1.16. The molecule has 0 heterocycles.